The molecule has 1 aromatic heterocycles. The summed E-state index contributed by atoms with van der Waals surface area (Å²) in [5.41, 5.74) is 0.916. The number of amides is 1. The van der Waals surface area contributed by atoms with Crippen molar-refractivity contribution in [2.75, 3.05) is 26.2 Å². The van der Waals surface area contributed by atoms with E-state index >= 15 is 0 Å². The second kappa shape index (κ2) is 8.59. The highest BCUT2D eigenvalue weighted by atomic mass is 16.5. The van der Waals surface area contributed by atoms with Crippen LogP contribution in [0.2, 0.25) is 0 Å². The van der Waals surface area contributed by atoms with Crippen LogP contribution in [0.5, 0.6) is 0 Å². The number of nitrogens with zero attached hydrogens (tertiary/aromatic N) is 3. The molecule has 0 spiro atoms. The summed E-state index contributed by atoms with van der Waals surface area (Å²) >= 11 is 0. The van der Waals surface area contributed by atoms with Crippen LogP contribution in [0.4, 0.5) is 0 Å². The van der Waals surface area contributed by atoms with Gasteiger partial charge < -0.3 is 14.7 Å². The van der Waals surface area contributed by atoms with Gasteiger partial charge in [0.05, 0.1) is 0 Å². The molecular formula is C18H24N4O2. The van der Waals surface area contributed by atoms with E-state index in [-0.39, 0.29) is 5.91 Å². The molecule has 2 heterocycles. The van der Waals surface area contributed by atoms with Crippen LogP contribution in [-0.4, -0.2) is 47.1 Å². The molecule has 1 saturated heterocycles. The molecule has 1 aliphatic heterocycles. The second-order valence-electron chi connectivity index (χ2n) is 6.13. The van der Waals surface area contributed by atoms with Crippen LogP contribution in [-0.2, 0) is 11.2 Å². The topological polar surface area (TPSA) is 71.3 Å². The fraction of sp³-hybridized carbons (Fsp3) is 0.500. The number of likely N-dealkylation sites (tertiary alicyclic amines) is 1. The number of carbonyl (C=O) groups is 1. The lowest BCUT2D eigenvalue weighted by Gasteiger charge is -2.14. The van der Waals surface area contributed by atoms with Crippen molar-refractivity contribution in [1.82, 2.24) is 20.4 Å². The molecule has 0 atom stereocenters. The first kappa shape index (κ1) is 16.6. The molecule has 3 rings (SSSR count). The molecule has 0 radical (unpaired) electrons. The van der Waals surface area contributed by atoms with Crippen molar-refractivity contribution in [2.24, 2.45) is 0 Å². The number of hydrogen-bond acceptors (Lipinski definition) is 5. The van der Waals surface area contributed by atoms with E-state index in [1.54, 1.807) is 0 Å². The SMILES string of the molecule is O=C(CCc1nc(-c2ccccc2)no1)NCCCN1CCCC1. The molecule has 1 amide bonds. The van der Waals surface area contributed by atoms with Gasteiger partial charge in [-0.1, -0.05) is 35.5 Å². The molecule has 1 N–H and O–H groups in total. The average Bonchev–Trinajstić information content (AvgIpc) is 3.29. The number of aromatic nitrogens is 2. The molecule has 2 aromatic rings. The van der Waals surface area contributed by atoms with Gasteiger partial charge in [0, 0.05) is 24.9 Å². The van der Waals surface area contributed by atoms with Gasteiger partial charge in [-0.25, -0.2) is 0 Å². The van der Waals surface area contributed by atoms with E-state index in [0.717, 1.165) is 25.1 Å². The van der Waals surface area contributed by atoms with Gasteiger partial charge in [-0.3, -0.25) is 4.79 Å². The van der Waals surface area contributed by atoms with Crippen LogP contribution in [0.25, 0.3) is 11.4 Å². The first-order chi connectivity index (χ1) is 11.8. The monoisotopic (exact) mass is 328 g/mol. The summed E-state index contributed by atoms with van der Waals surface area (Å²) in [6.45, 7) is 4.21. The quantitative estimate of drug-likeness (QED) is 0.753. The van der Waals surface area contributed by atoms with Gasteiger partial charge in [-0.15, -0.1) is 0 Å². The third-order valence-corrected chi connectivity index (χ3v) is 4.24. The van der Waals surface area contributed by atoms with Crippen molar-refractivity contribution < 1.29 is 9.32 Å². The molecule has 1 fully saturated rings. The number of hydrogen-bond donors (Lipinski definition) is 1. The summed E-state index contributed by atoms with van der Waals surface area (Å²) in [6, 6.07) is 9.67. The Morgan fingerprint density at radius 2 is 2.00 bits per heavy atom. The smallest absolute Gasteiger partial charge is 0.227 e. The first-order valence-corrected chi connectivity index (χ1v) is 8.68. The zero-order valence-electron chi connectivity index (χ0n) is 13.9. The van der Waals surface area contributed by atoms with Crippen molar-refractivity contribution >= 4 is 5.91 Å². The van der Waals surface area contributed by atoms with E-state index in [0.29, 0.717) is 24.6 Å². The Hall–Kier alpha value is -2.21. The van der Waals surface area contributed by atoms with Crippen LogP contribution in [0.15, 0.2) is 34.9 Å². The van der Waals surface area contributed by atoms with Gasteiger partial charge in [-0.2, -0.15) is 4.98 Å². The zero-order chi connectivity index (χ0) is 16.6. The summed E-state index contributed by atoms with van der Waals surface area (Å²) in [4.78, 5) is 18.7. The van der Waals surface area contributed by atoms with E-state index in [9.17, 15) is 4.79 Å². The van der Waals surface area contributed by atoms with E-state index in [1.807, 2.05) is 30.3 Å². The summed E-state index contributed by atoms with van der Waals surface area (Å²) < 4.78 is 5.21. The molecule has 24 heavy (non-hydrogen) atoms. The van der Waals surface area contributed by atoms with Crippen molar-refractivity contribution in [3.8, 4) is 11.4 Å². The molecule has 0 aliphatic carbocycles. The Balaban J connectivity index is 1.35. The average molecular weight is 328 g/mol. The highest BCUT2D eigenvalue weighted by Crippen LogP contribution is 2.15. The van der Waals surface area contributed by atoms with E-state index in [1.165, 1.54) is 25.9 Å². The number of aryl methyl sites for hydroxylation is 1. The molecular weight excluding hydrogens is 304 g/mol. The zero-order valence-corrected chi connectivity index (χ0v) is 13.9. The molecule has 1 aliphatic rings. The maximum absolute atomic E-state index is 11.9. The molecule has 1 aromatic carbocycles. The fourth-order valence-electron chi connectivity index (χ4n) is 2.91. The molecule has 0 unspecified atom stereocenters. The minimum atomic E-state index is 0.0379. The second-order valence-corrected chi connectivity index (χ2v) is 6.13. The molecule has 0 saturated carbocycles. The molecule has 128 valence electrons. The standard InChI is InChI=1S/C18H24N4O2/c23-16(19-11-6-14-22-12-4-5-13-22)9-10-17-20-18(21-24-17)15-7-2-1-3-8-15/h1-3,7-8H,4-6,9-14H2,(H,19,23). The lowest BCUT2D eigenvalue weighted by Crippen LogP contribution is -2.28. The lowest BCUT2D eigenvalue weighted by molar-refractivity contribution is -0.121. The summed E-state index contributed by atoms with van der Waals surface area (Å²) in [7, 11) is 0. The van der Waals surface area contributed by atoms with E-state index < -0.39 is 0 Å². The highest BCUT2D eigenvalue weighted by molar-refractivity contribution is 5.75. The van der Waals surface area contributed by atoms with Gasteiger partial charge in [-0.05, 0) is 38.9 Å². The Labute approximate surface area is 142 Å². The fourth-order valence-corrected chi connectivity index (χ4v) is 2.91. The maximum atomic E-state index is 11.9. The van der Waals surface area contributed by atoms with Gasteiger partial charge in [0.15, 0.2) is 0 Å². The normalized spacial score (nSPS) is 14.8. The Bertz CT molecular complexity index is 635. The largest absolute Gasteiger partial charge is 0.356 e. The predicted molar refractivity (Wildman–Crippen MR) is 91.4 cm³/mol. The van der Waals surface area contributed by atoms with Crippen LogP contribution in [0.3, 0.4) is 0 Å². The number of benzene rings is 1. The summed E-state index contributed by atoms with van der Waals surface area (Å²) in [5, 5.41) is 6.92. The lowest BCUT2D eigenvalue weighted by atomic mass is 10.2. The van der Waals surface area contributed by atoms with Crippen molar-refractivity contribution in [3.05, 3.63) is 36.2 Å². The summed E-state index contributed by atoms with van der Waals surface area (Å²) in [5.74, 6) is 1.11. The van der Waals surface area contributed by atoms with E-state index in [4.69, 9.17) is 4.52 Å². The maximum Gasteiger partial charge on any atom is 0.227 e. The number of rotatable bonds is 8. The predicted octanol–water partition coefficient (Wildman–Crippen LogP) is 2.27. The number of carbonyl (C=O) groups excluding carboxylic acids is 1. The van der Waals surface area contributed by atoms with Crippen molar-refractivity contribution in [2.45, 2.75) is 32.1 Å². The van der Waals surface area contributed by atoms with Crippen LogP contribution < -0.4 is 5.32 Å². The minimum Gasteiger partial charge on any atom is -0.356 e. The van der Waals surface area contributed by atoms with Gasteiger partial charge in [0.2, 0.25) is 17.6 Å². The van der Waals surface area contributed by atoms with Crippen molar-refractivity contribution in [1.29, 1.82) is 0 Å². The first-order valence-electron chi connectivity index (χ1n) is 8.68. The van der Waals surface area contributed by atoms with Crippen LogP contribution >= 0.6 is 0 Å². The third-order valence-electron chi connectivity index (χ3n) is 4.24. The van der Waals surface area contributed by atoms with Gasteiger partial charge >= 0.3 is 0 Å². The molecule has 6 heteroatoms. The van der Waals surface area contributed by atoms with Crippen LogP contribution in [0.1, 0.15) is 31.6 Å². The Morgan fingerprint density at radius 3 is 2.79 bits per heavy atom. The van der Waals surface area contributed by atoms with Gasteiger partial charge in [0.1, 0.15) is 0 Å². The number of nitrogens with one attached hydrogen (secondary N) is 1. The van der Waals surface area contributed by atoms with Gasteiger partial charge in [0.25, 0.3) is 0 Å². The molecule has 6 nitrogen and oxygen atoms in total. The van der Waals surface area contributed by atoms with Crippen LogP contribution in [0, 0.1) is 0 Å². The third kappa shape index (κ3) is 4.89. The Kier molecular flexibility index (Phi) is 5.96. The summed E-state index contributed by atoms with van der Waals surface area (Å²) in [6.07, 6.45) is 4.46. The molecule has 0 bridgehead atoms. The Morgan fingerprint density at radius 1 is 1.21 bits per heavy atom. The van der Waals surface area contributed by atoms with Crippen molar-refractivity contribution in [3.63, 3.8) is 0 Å². The van der Waals surface area contributed by atoms with E-state index in [2.05, 4.69) is 20.4 Å². The highest BCUT2D eigenvalue weighted by Gasteiger charge is 2.12. The minimum absolute atomic E-state index is 0.0379.